The number of halogens is 2. The van der Waals surface area contributed by atoms with Gasteiger partial charge < -0.3 is 5.32 Å². The van der Waals surface area contributed by atoms with E-state index in [-0.39, 0.29) is 5.91 Å². The molecule has 0 saturated carbocycles. The molecule has 0 aliphatic heterocycles. The highest BCUT2D eigenvalue weighted by Gasteiger charge is 2.17. The van der Waals surface area contributed by atoms with Crippen molar-refractivity contribution in [3.8, 4) is 0 Å². The van der Waals surface area contributed by atoms with Gasteiger partial charge in [0.1, 0.15) is 4.88 Å². The van der Waals surface area contributed by atoms with Gasteiger partial charge in [0.05, 0.1) is 10.7 Å². The molecule has 0 aliphatic carbocycles. The van der Waals surface area contributed by atoms with E-state index < -0.39 is 0 Å². The summed E-state index contributed by atoms with van der Waals surface area (Å²) in [4.78, 5) is 13.1. The largest absolute Gasteiger partial charge is 0.320 e. The van der Waals surface area contributed by atoms with Crippen molar-refractivity contribution < 1.29 is 4.79 Å². The third-order valence-corrected chi connectivity index (χ3v) is 6.17. The van der Waals surface area contributed by atoms with Crippen LogP contribution in [0, 0.1) is 0 Å². The third kappa shape index (κ3) is 3.66. The summed E-state index contributed by atoms with van der Waals surface area (Å²) in [6.45, 7) is 2.18. The van der Waals surface area contributed by atoms with Crippen LogP contribution < -0.4 is 5.32 Å². The van der Waals surface area contributed by atoms with Crippen molar-refractivity contribution in [2.24, 2.45) is 0 Å². The first-order valence-electron chi connectivity index (χ1n) is 7.87. The standard InChI is InChI=1S/C19H17BrClNOS/c1-2-3-6-12-9-10-15(14(20)11-12)22-19(23)18-17(21)13-7-4-5-8-16(13)24-18/h4-5,7-11H,2-3,6H2,1H3,(H,22,23). The number of benzene rings is 2. The Bertz CT molecular complexity index is 890. The van der Waals surface area contributed by atoms with Crippen LogP contribution in [0.3, 0.4) is 0 Å². The van der Waals surface area contributed by atoms with Crippen molar-refractivity contribution in [1.29, 1.82) is 0 Å². The van der Waals surface area contributed by atoms with Crippen molar-refractivity contribution in [3.05, 3.63) is 62.4 Å². The number of rotatable bonds is 5. The van der Waals surface area contributed by atoms with Gasteiger partial charge in [-0.2, -0.15) is 0 Å². The Labute approximate surface area is 159 Å². The number of anilines is 1. The van der Waals surface area contributed by atoms with Gasteiger partial charge in [0.25, 0.3) is 5.91 Å². The lowest BCUT2D eigenvalue weighted by Crippen LogP contribution is -2.11. The van der Waals surface area contributed by atoms with Crippen molar-refractivity contribution in [2.75, 3.05) is 5.32 Å². The fourth-order valence-electron chi connectivity index (χ4n) is 2.54. The summed E-state index contributed by atoms with van der Waals surface area (Å²) in [7, 11) is 0. The number of thiophene rings is 1. The SMILES string of the molecule is CCCCc1ccc(NC(=O)c2sc3ccccc3c2Cl)c(Br)c1. The molecule has 0 aliphatic rings. The van der Waals surface area contributed by atoms with Gasteiger partial charge in [0.2, 0.25) is 0 Å². The molecule has 5 heteroatoms. The van der Waals surface area contributed by atoms with Gasteiger partial charge in [-0.1, -0.05) is 49.2 Å². The van der Waals surface area contributed by atoms with Crippen LogP contribution >= 0.6 is 38.9 Å². The van der Waals surface area contributed by atoms with Crippen LogP contribution in [-0.4, -0.2) is 5.91 Å². The molecule has 1 heterocycles. The smallest absolute Gasteiger partial charge is 0.267 e. The lowest BCUT2D eigenvalue weighted by Gasteiger charge is -2.09. The molecule has 0 atom stereocenters. The highest BCUT2D eigenvalue weighted by Crippen LogP contribution is 2.36. The predicted octanol–water partition coefficient (Wildman–Crippen LogP) is 6.91. The summed E-state index contributed by atoms with van der Waals surface area (Å²) in [6, 6.07) is 13.8. The van der Waals surface area contributed by atoms with E-state index in [4.69, 9.17) is 11.6 Å². The Hall–Kier alpha value is -1.36. The maximum absolute atomic E-state index is 12.6. The average Bonchev–Trinajstić information content (AvgIpc) is 2.92. The van der Waals surface area contributed by atoms with Crippen LogP contribution in [0.2, 0.25) is 5.02 Å². The molecule has 2 nitrogen and oxygen atoms in total. The van der Waals surface area contributed by atoms with E-state index >= 15 is 0 Å². The first kappa shape index (κ1) is 17.5. The Balaban J connectivity index is 1.82. The minimum absolute atomic E-state index is 0.178. The minimum atomic E-state index is -0.178. The van der Waals surface area contributed by atoms with Gasteiger partial charge >= 0.3 is 0 Å². The molecule has 0 saturated heterocycles. The first-order valence-corrected chi connectivity index (χ1v) is 9.85. The quantitative estimate of drug-likeness (QED) is 0.475. The van der Waals surface area contributed by atoms with E-state index in [0.29, 0.717) is 9.90 Å². The summed E-state index contributed by atoms with van der Waals surface area (Å²) >= 11 is 11.3. The average molecular weight is 423 g/mol. The van der Waals surface area contributed by atoms with Crippen LogP contribution in [0.5, 0.6) is 0 Å². The maximum Gasteiger partial charge on any atom is 0.267 e. The van der Waals surface area contributed by atoms with E-state index in [1.54, 1.807) is 0 Å². The molecule has 0 unspecified atom stereocenters. The second-order valence-corrected chi connectivity index (χ2v) is 7.90. The summed E-state index contributed by atoms with van der Waals surface area (Å²) in [5.41, 5.74) is 2.02. The number of hydrogen-bond acceptors (Lipinski definition) is 2. The zero-order chi connectivity index (χ0) is 17.1. The maximum atomic E-state index is 12.6. The van der Waals surface area contributed by atoms with Gasteiger partial charge in [-0.15, -0.1) is 11.3 Å². The molecule has 3 aromatic rings. The number of nitrogens with one attached hydrogen (secondary N) is 1. The number of fused-ring (bicyclic) bond motifs is 1. The van der Waals surface area contributed by atoms with Gasteiger partial charge in [-0.3, -0.25) is 4.79 Å². The second-order valence-electron chi connectivity index (χ2n) is 5.61. The summed E-state index contributed by atoms with van der Waals surface area (Å²) < 4.78 is 1.91. The molecule has 0 spiro atoms. The first-order chi connectivity index (χ1) is 11.6. The molecular formula is C19H17BrClNOS. The van der Waals surface area contributed by atoms with Gasteiger partial charge in [-0.05, 0) is 52.5 Å². The van der Waals surface area contributed by atoms with Crippen molar-refractivity contribution >= 4 is 60.5 Å². The summed E-state index contributed by atoms with van der Waals surface area (Å²) in [6.07, 6.45) is 3.38. The fraction of sp³-hybridized carbons (Fsp3) is 0.211. The van der Waals surface area contributed by atoms with Crippen molar-refractivity contribution in [1.82, 2.24) is 0 Å². The van der Waals surface area contributed by atoms with E-state index in [2.05, 4.69) is 40.3 Å². The monoisotopic (exact) mass is 421 g/mol. The van der Waals surface area contributed by atoms with E-state index in [1.807, 2.05) is 30.3 Å². The van der Waals surface area contributed by atoms with Gasteiger partial charge in [0.15, 0.2) is 0 Å². The van der Waals surface area contributed by atoms with Crippen LogP contribution in [0.15, 0.2) is 46.9 Å². The molecule has 0 radical (unpaired) electrons. The topological polar surface area (TPSA) is 29.1 Å². The molecule has 1 N–H and O–H groups in total. The van der Waals surface area contributed by atoms with E-state index in [1.165, 1.54) is 23.3 Å². The highest BCUT2D eigenvalue weighted by atomic mass is 79.9. The van der Waals surface area contributed by atoms with Crippen LogP contribution in [-0.2, 0) is 6.42 Å². The molecule has 1 aromatic heterocycles. The normalized spacial score (nSPS) is 11.0. The molecule has 1 amide bonds. The third-order valence-electron chi connectivity index (χ3n) is 3.84. The Morgan fingerprint density at radius 1 is 1.25 bits per heavy atom. The number of amides is 1. The second kappa shape index (κ2) is 7.68. The molecule has 3 rings (SSSR count). The number of carbonyl (C=O) groups is 1. The predicted molar refractivity (Wildman–Crippen MR) is 108 cm³/mol. The molecule has 2 aromatic carbocycles. The highest BCUT2D eigenvalue weighted by molar-refractivity contribution is 9.10. The zero-order valence-electron chi connectivity index (χ0n) is 13.2. The van der Waals surface area contributed by atoms with Crippen LogP contribution in [0.4, 0.5) is 5.69 Å². The number of carbonyl (C=O) groups excluding carboxylic acids is 1. The Kier molecular flexibility index (Phi) is 5.59. The zero-order valence-corrected chi connectivity index (χ0v) is 16.4. The number of unbranched alkanes of at least 4 members (excludes halogenated alkanes) is 1. The summed E-state index contributed by atoms with van der Waals surface area (Å²) in [5, 5.41) is 4.39. The van der Waals surface area contributed by atoms with Crippen LogP contribution in [0.25, 0.3) is 10.1 Å². The van der Waals surface area contributed by atoms with Gasteiger partial charge in [-0.25, -0.2) is 0 Å². The number of hydrogen-bond donors (Lipinski definition) is 1. The Morgan fingerprint density at radius 2 is 2.04 bits per heavy atom. The molecule has 24 heavy (non-hydrogen) atoms. The van der Waals surface area contributed by atoms with Crippen LogP contribution in [0.1, 0.15) is 35.0 Å². The minimum Gasteiger partial charge on any atom is -0.320 e. The molecular weight excluding hydrogens is 406 g/mol. The molecule has 0 fully saturated rings. The van der Waals surface area contributed by atoms with E-state index in [9.17, 15) is 4.79 Å². The number of aryl methyl sites for hydroxylation is 1. The van der Waals surface area contributed by atoms with Gasteiger partial charge in [0, 0.05) is 14.6 Å². The summed E-state index contributed by atoms with van der Waals surface area (Å²) in [5.74, 6) is -0.178. The van der Waals surface area contributed by atoms with E-state index in [0.717, 1.165) is 33.1 Å². The lowest BCUT2D eigenvalue weighted by molar-refractivity contribution is 0.103. The fourth-order valence-corrected chi connectivity index (χ4v) is 4.47. The Morgan fingerprint density at radius 3 is 2.75 bits per heavy atom. The van der Waals surface area contributed by atoms with Crippen molar-refractivity contribution in [3.63, 3.8) is 0 Å². The molecule has 0 bridgehead atoms. The molecule has 124 valence electrons. The van der Waals surface area contributed by atoms with Crippen molar-refractivity contribution in [2.45, 2.75) is 26.2 Å². The lowest BCUT2D eigenvalue weighted by atomic mass is 10.1.